The van der Waals surface area contributed by atoms with E-state index in [0.29, 0.717) is 15.8 Å². The third-order valence-electron chi connectivity index (χ3n) is 4.36. The SMILES string of the molecule is CCC(Br)(CC)CC(CC)(CC)C1CO1. The molecule has 1 atom stereocenters. The maximum absolute atomic E-state index is 5.57. The summed E-state index contributed by atoms with van der Waals surface area (Å²) >= 11 is 3.94. The lowest BCUT2D eigenvalue weighted by Crippen LogP contribution is -2.35. The molecule has 0 spiro atoms. The van der Waals surface area contributed by atoms with Crippen LogP contribution < -0.4 is 0 Å². The van der Waals surface area contributed by atoms with E-state index in [1.54, 1.807) is 0 Å². The van der Waals surface area contributed by atoms with Gasteiger partial charge < -0.3 is 4.74 Å². The van der Waals surface area contributed by atoms with Crippen LogP contribution in [0.2, 0.25) is 0 Å². The Hall–Kier alpha value is 0.440. The largest absolute Gasteiger partial charge is 0.373 e. The number of rotatable bonds is 7. The lowest BCUT2D eigenvalue weighted by molar-refractivity contribution is 0.144. The second kappa shape index (κ2) is 5.18. The molecule has 0 N–H and O–H groups in total. The van der Waals surface area contributed by atoms with Crippen molar-refractivity contribution in [2.24, 2.45) is 5.41 Å². The summed E-state index contributed by atoms with van der Waals surface area (Å²) < 4.78 is 5.89. The first-order valence-corrected chi connectivity index (χ1v) is 7.15. The fraction of sp³-hybridized carbons (Fsp3) is 1.00. The molecule has 1 heterocycles. The topological polar surface area (TPSA) is 12.5 Å². The van der Waals surface area contributed by atoms with Crippen LogP contribution in [-0.2, 0) is 4.74 Å². The van der Waals surface area contributed by atoms with Crippen LogP contribution in [-0.4, -0.2) is 17.0 Å². The molecule has 0 aromatic heterocycles. The summed E-state index contributed by atoms with van der Waals surface area (Å²) in [4.78, 5) is 0. The fourth-order valence-electron chi connectivity index (χ4n) is 2.60. The van der Waals surface area contributed by atoms with Gasteiger partial charge >= 0.3 is 0 Å². The predicted molar refractivity (Wildman–Crippen MR) is 69.6 cm³/mol. The quantitative estimate of drug-likeness (QED) is 0.492. The first-order chi connectivity index (χ1) is 7.05. The molecule has 1 aliphatic heterocycles. The number of alkyl halides is 1. The smallest absolute Gasteiger partial charge is 0.0866 e. The van der Waals surface area contributed by atoms with Crippen LogP contribution in [0.25, 0.3) is 0 Å². The van der Waals surface area contributed by atoms with Gasteiger partial charge in [0.05, 0.1) is 12.7 Å². The molecule has 0 amide bonds. The minimum atomic E-state index is 0.324. The number of halogens is 1. The summed E-state index contributed by atoms with van der Waals surface area (Å²) in [5, 5.41) is 0. The molecule has 1 rings (SSSR count). The molecular weight excluding hydrogens is 252 g/mol. The second-order valence-corrected chi connectivity index (χ2v) is 6.61. The van der Waals surface area contributed by atoms with E-state index in [4.69, 9.17) is 4.74 Å². The highest BCUT2D eigenvalue weighted by Gasteiger charge is 2.47. The Labute approximate surface area is 103 Å². The van der Waals surface area contributed by atoms with Crippen molar-refractivity contribution in [2.45, 2.75) is 70.2 Å². The van der Waals surface area contributed by atoms with Crippen LogP contribution in [0.4, 0.5) is 0 Å². The van der Waals surface area contributed by atoms with Gasteiger partial charge in [-0.3, -0.25) is 0 Å². The molecule has 0 aromatic rings. The van der Waals surface area contributed by atoms with Gasteiger partial charge in [0.25, 0.3) is 0 Å². The number of hydrogen-bond donors (Lipinski definition) is 0. The molecule has 1 fully saturated rings. The van der Waals surface area contributed by atoms with Crippen LogP contribution in [0.5, 0.6) is 0 Å². The zero-order chi connectivity index (χ0) is 11.5. The van der Waals surface area contributed by atoms with Gasteiger partial charge in [-0.1, -0.05) is 43.6 Å². The normalized spacial score (nSPS) is 21.8. The lowest BCUT2D eigenvalue weighted by atomic mass is 9.71. The van der Waals surface area contributed by atoms with Gasteiger partial charge in [0.1, 0.15) is 0 Å². The lowest BCUT2D eigenvalue weighted by Gasteiger charge is -2.38. The number of epoxide rings is 1. The summed E-state index contributed by atoms with van der Waals surface area (Å²) in [5.74, 6) is 0. The molecule has 15 heavy (non-hydrogen) atoms. The highest BCUT2D eigenvalue weighted by molar-refractivity contribution is 9.10. The highest BCUT2D eigenvalue weighted by Crippen LogP contribution is 2.49. The van der Waals surface area contributed by atoms with Gasteiger partial charge in [0, 0.05) is 4.32 Å². The maximum Gasteiger partial charge on any atom is 0.0866 e. The summed E-state index contributed by atoms with van der Waals surface area (Å²) in [7, 11) is 0. The van der Waals surface area contributed by atoms with E-state index < -0.39 is 0 Å². The summed E-state index contributed by atoms with van der Waals surface area (Å²) in [6.07, 6.45) is 6.67. The fourth-order valence-corrected chi connectivity index (χ4v) is 3.16. The van der Waals surface area contributed by atoms with E-state index in [9.17, 15) is 0 Å². The van der Waals surface area contributed by atoms with Gasteiger partial charge in [-0.15, -0.1) is 0 Å². The Kier molecular flexibility index (Phi) is 4.66. The van der Waals surface area contributed by atoms with Crippen molar-refractivity contribution < 1.29 is 4.74 Å². The van der Waals surface area contributed by atoms with Crippen molar-refractivity contribution >= 4 is 15.9 Å². The van der Waals surface area contributed by atoms with E-state index in [1.807, 2.05) is 0 Å². The summed E-state index contributed by atoms with van der Waals surface area (Å²) in [6, 6.07) is 0. The van der Waals surface area contributed by atoms with Crippen LogP contribution in [0.15, 0.2) is 0 Å². The Morgan fingerprint density at radius 3 is 1.80 bits per heavy atom. The van der Waals surface area contributed by atoms with Crippen molar-refractivity contribution in [3.05, 3.63) is 0 Å². The monoisotopic (exact) mass is 276 g/mol. The standard InChI is InChI=1S/C13H25BrO/c1-5-12(6-2,11-9-15-11)10-13(14,7-3)8-4/h11H,5-10H2,1-4H3. The number of hydrogen-bond acceptors (Lipinski definition) is 1. The van der Waals surface area contributed by atoms with Gasteiger partial charge in [-0.05, 0) is 37.5 Å². The highest BCUT2D eigenvalue weighted by atomic mass is 79.9. The third-order valence-corrected chi connectivity index (χ3v) is 5.76. The average molecular weight is 277 g/mol. The van der Waals surface area contributed by atoms with E-state index in [0.717, 1.165) is 6.61 Å². The Balaban J connectivity index is 2.72. The molecule has 0 aromatic carbocycles. The van der Waals surface area contributed by atoms with Crippen molar-refractivity contribution in [1.29, 1.82) is 0 Å². The van der Waals surface area contributed by atoms with E-state index >= 15 is 0 Å². The van der Waals surface area contributed by atoms with Crippen molar-refractivity contribution in [1.82, 2.24) is 0 Å². The van der Waals surface area contributed by atoms with Crippen molar-refractivity contribution in [2.75, 3.05) is 6.61 Å². The average Bonchev–Trinajstić information content (AvgIpc) is 3.10. The molecule has 1 aliphatic rings. The number of ether oxygens (including phenoxy) is 1. The minimum Gasteiger partial charge on any atom is -0.373 e. The Morgan fingerprint density at radius 2 is 1.53 bits per heavy atom. The molecule has 1 unspecified atom stereocenters. The first-order valence-electron chi connectivity index (χ1n) is 6.36. The van der Waals surface area contributed by atoms with Crippen LogP contribution in [0.1, 0.15) is 59.8 Å². The molecule has 1 saturated heterocycles. The van der Waals surface area contributed by atoms with Crippen LogP contribution in [0, 0.1) is 5.41 Å². The predicted octanol–water partition coefficient (Wildman–Crippen LogP) is 4.54. The van der Waals surface area contributed by atoms with Crippen molar-refractivity contribution in [3.63, 3.8) is 0 Å². The zero-order valence-corrected chi connectivity index (χ0v) is 12.2. The molecular formula is C13H25BrO. The third kappa shape index (κ3) is 2.97. The molecule has 0 bridgehead atoms. The molecule has 2 heteroatoms. The zero-order valence-electron chi connectivity index (χ0n) is 10.6. The molecule has 1 nitrogen and oxygen atoms in total. The minimum absolute atomic E-state index is 0.324. The van der Waals surface area contributed by atoms with E-state index in [2.05, 4.69) is 43.6 Å². The van der Waals surface area contributed by atoms with Gasteiger partial charge in [-0.2, -0.15) is 0 Å². The molecule has 90 valence electrons. The summed E-state index contributed by atoms with van der Waals surface area (Å²) in [6.45, 7) is 10.2. The molecule has 0 aliphatic carbocycles. The molecule has 0 radical (unpaired) electrons. The van der Waals surface area contributed by atoms with Gasteiger partial charge in [-0.25, -0.2) is 0 Å². The first kappa shape index (κ1) is 13.5. The van der Waals surface area contributed by atoms with Gasteiger partial charge in [0.2, 0.25) is 0 Å². The van der Waals surface area contributed by atoms with Crippen molar-refractivity contribution in [3.8, 4) is 0 Å². The molecule has 0 saturated carbocycles. The summed E-state index contributed by atoms with van der Waals surface area (Å²) in [5.41, 5.74) is 0.412. The van der Waals surface area contributed by atoms with Crippen LogP contribution in [0.3, 0.4) is 0 Å². The second-order valence-electron chi connectivity index (χ2n) is 4.93. The maximum atomic E-state index is 5.57. The van der Waals surface area contributed by atoms with E-state index in [-0.39, 0.29) is 0 Å². The Bertz CT molecular complexity index is 191. The van der Waals surface area contributed by atoms with Gasteiger partial charge in [0.15, 0.2) is 0 Å². The Morgan fingerprint density at radius 1 is 1.07 bits per heavy atom. The van der Waals surface area contributed by atoms with E-state index in [1.165, 1.54) is 32.1 Å². The van der Waals surface area contributed by atoms with Crippen LogP contribution >= 0.6 is 15.9 Å².